The smallest absolute Gasteiger partial charge is 0.225 e. The molecule has 0 atom stereocenters. The molecule has 0 spiro atoms. The molecule has 1 fully saturated rings. The molecule has 3 N–H and O–H groups in total. The van der Waals surface area contributed by atoms with Gasteiger partial charge in [-0.1, -0.05) is 22.4 Å². The summed E-state index contributed by atoms with van der Waals surface area (Å²) in [5, 5.41) is 2.91. The van der Waals surface area contributed by atoms with Gasteiger partial charge in [0.2, 0.25) is 5.91 Å². The van der Waals surface area contributed by atoms with E-state index >= 15 is 0 Å². The van der Waals surface area contributed by atoms with Crippen molar-refractivity contribution in [2.24, 2.45) is 11.1 Å². The number of ether oxygens (including phenoxy) is 1. The van der Waals surface area contributed by atoms with Gasteiger partial charge in [-0.3, -0.25) is 4.79 Å². The number of hydrogen-bond acceptors (Lipinski definition) is 3. The predicted molar refractivity (Wildman–Crippen MR) is 79.3 cm³/mol. The first-order chi connectivity index (χ1) is 9.08. The SMILES string of the molecule is COc1ccc(Br)cc1NC(=O)CC1(CN)CCC1. The molecule has 0 heterocycles. The fraction of sp³-hybridized carbons (Fsp3) is 0.500. The second kappa shape index (κ2) is 5.92. The largest absolute Gasteiger partial charge is 0.495 e. The molecule has 1 aliphatic rings. The molecule has 4 nitrogen and oxygen atoms in total. The molecule has 1 aliphatic carbocycles. The summed E-state index contributed by atoms with van der Waals surface area (Å²) in [5.41, 5.74) is 6.48. The van der Waals surface area contributed by atoms with E-state index in [1.54, 1.807) is 7.11 Å². The van der Waals surface area contributed by atoms with E-state index < -0.39 is 0 Å². The standard InChI is InChI=1S/C14H19BrN2O2/c1-19-12-4-3-10(15)7-11(12)17-13(18)8-14(9-16)5-2-6-14/h3-4,7H,2,5-6,8-9,16H2,1H3,(H,17,18). The van der Waals surface area contributed by atoms with Gasteiger partial charge in [-0.2, -0.15) is 0 Å². The van der Waals surface area contributed by atoms with E-state index in [9.17, 15) is 4.79 Å². The maximum Gasteiger partial charge on any atom is 0.225 e. The third-order valence-electron chi connectivity index (χ3n) is 3.82. The van der Waals surface area contributed by atoms with E-state index in [0.717, 1.165) is 17.3 Å². The van der Waals surface area contributed by atoms with Crippen LogP contribution in [0.1, 0.15) is 25.7 Å². The Kier molecular flexibility index (Phi) is 4.47. The second-order valence-corrected chi connectivity index (χ2v) is 6.04. The van der Waals surface area contributed by atoms with E-state index in [2.05, 4.69) is 21.2 Å². The Bertz CT molecular complexity index is 467. The van der Waals surface area contributed by atoms with Crippen LogP contribution >= 0.6 is 15.9 Å². The highest BCUT2D eigenvalue weighted by molar-refractivity contribution is 9.10. The van der Waals surface area contributed by atoms with E-state index in [1.807, 2.05) is 18.2 Å². The molecule has 1 aromatic rings. The third kappa shape index (κ3) is 3.28. The van der Waals surface area contributed by atoms with Crippen LogP contribution in [0.4, 0.5) is 5.69 Å². The van der Waals surface area contributed by atoms with Crippen molar-refractivity contribution >= 4 is 27.5 Å². The molecule has 0 radical (unpaired) electrons. The highest BCUT2D eigenvalue weighted by Gasteiger charge is 2.37. The van der Waals surface area contributed by atoms with Crippen LogP contribution in [0.3, 0.4) is 0 Å². The summed E-state index contributed by atoms with van der Waals surface area (Å²) < 4.78 is 6.14. The Morgan fingerprint density at radius 2 is 2.26 bits per heavy atom. The average Bonchev–Trinajstić information content (AvgIpc) is 2.34. The van der Waals surface area contributed by atoms with Gasteiger partial charge in [0.1, 0.15) is 5.75 Å². The number of amides is 1. The lowest BCUT2D eigenvalue weighted by atomic mass is 9.66. The minimum atomic E-state index is 0.00144. The van der Waals surface area contributed by atoms with Crippen molar-refractivity contribution in [1.82, 2.24) is 0 Å². The monoisotopic (exact) mass is 326 g/mol. The van der Waals surface area contributed by atoms with Gasteiger partial charge in [-0.25, -0.2) is 0 Å². The number of methoxy groups -OCH3 is 1. The summed E-state index contributed by atoms with van der Waals surface area (Å²) in [6, 6.07) is 5.54. The van der Waals surface area contributed by atoms with Crippen LogP contribution in [0.25, 0.3) is 0 Å². The zero-order chi connectivity index (χ0) is 13.9. The number of carbonyl (C=O) groups is 1. The first-order valence-electron chi connectivity index (χ1n) is 6.42. The number of nitrogens with one attached hydrogen (secondary N) is 1. The van der Waals surface area contributed by atoms with Crippen LogP contribution in [0.2, 0.25) is 0 Å². The van der Waals surface area contributed by atoms with Crippen LogP contribution in [0, 0.1) is 5.41 Å². The summed E-state index contributed by atoms with van der Waals surface area (Å²) in [6.07, 6.45) is 3.75. The lowest BCUT2D eigenvalue weighted by molar-refractivity contribution is -0.119. The van der Waals surface area contributed by atoms with Crippen molar-refractivity contribution in [3.8, 4) is 5.75 Å². The number of halogens is 1. The molecule has 0 unspecified atom stereocenters. The second-order valence-electron chi connectivity index (χ2n) is 5.13. The van der Waals surface area contributed by atoms with Gasteiger partial charge >= 0.3 is 0 Å². The first-order valence-corrected chi connectivity index (χ1v) is 7.21. The molecule has 1 aromatic carbocycles. The van der Waals surface area contributed by atoms with Crippen LogP contribution in [0.5, 0.6) is 5.75 Å². The Labute approximate surface area is 121 Å². The summed E-state index contributed by atoms with van der Waals surface area (Å²) in [5.74, 6) is 0.661. The van der Waals surface area contributed by atoms with Crippen molar-refractivity contribution in [2.45, 2.75) is 25.7 Å². The summed E-state index contributed by atoms with van der Waals surface area (Å²) in [6.45, 7) is 0.579. The molecule has 19 heavy (non-hydrogen) atoms. The molecule has 1 amide bonds. The zero-order valence-electron chi connectivity index (χ0n) is 11.0. The predicted octanol–water partition coefficient (Wildman–Crippen LogP) is 2.92. The fourth-order valence-electron chi connectivity index (χ4n) is 2.44. The van der Waals surface area contributed by atoms with Gasteiger partial charge in [0.25, 0.3) is 0 Å². The number of benzene rings is 1. The normalized spacial score (nSPS) is 16.6. The highest BCUT2D eigenvalue weighted by Crippen LogP contribution is 2.43. The zero-order valence-corrected chi connectivity index (χ0v) is 12.6. The Morgan fingerprint density at radius 1 is 1.53 bits per heavy atom. The van der Waals surface area contributed by atoms with Crippen molar-refractivity contribution in [2.75, 3.05) is 19.0 Å². The molecule has 0 aliphatic heterocycles. The maximum atomic E-state index is 12.1. The number of carbonyl (C=O) groups excluding carboxylic acids is 1. The third-order valence-corrected chi connectivity index (χ3v) is 4.31. The summed E-state index contributed by atoms with van der Waals surface area (Å²) >= 11 is 3.39. The summed E-state index contributed by atoms with van der Waals surface area (Å²) in [4.78, 5) is 12.1. The van der Waals surface area contributed by atoms with Crippen molar-refractivity contribution in [3.05, 3.63) is 22.7 Å². The topological polar surface area (TPSA) is 64.3 Å². The number of rotatable bonds is 5. The molecule has 0 aromatic heterocycles. The number of nitrogens with two attached hydrogens (primary N) is 1. The summed E-state index contributed by atoms with van der Waals surface area (Å²) in [7, 11) is 1.59. The van der Waals surface area contributed by atoms with Crippen molar-refractivity contribution < 1.29 is 9.53 Å². The van der Waals surface area contributed by atoms with E-state index in [0.29, 0.717) is 24.4 Å². The van der Waals surface area contributed by atoms with E-state index in [4.69, 9.17) is 10.5 Å². The quantitative estimate of drug-likeness (QED) is 0.874. The Balaban J connectivity index is 2.04. The minimum Gasteiger partial charge on any atom is -0.495 e. The van der Waals surface area contributed by atoms with Gasteiger partial charge in [-0.15, -0.1) is 0 Å². The molecule has 2 rings (SSSR count). The average molecular weight is 327 g/mol. The minimum absolute atomic E-state index is 0.00144. The molecular formula is C14H19BrN2O2. The number of anilines is 1. The lowest BCUT2D eigenvalue weighted by Gasteiger charge is -2.40. The maximum absolute atomic E-state index is 12.1. The van der Waals surface area contributed by atoms with Crippen molar-refractivity contribution in [3.63, 3.8) is 0 Å². The van der Waals surface area contributed by atoms with Gasteiger partial charge in [-0.05, 0) is 43.0 Å². The van der Waals surface area contributed by atoms with Crippen LogP contribution in [0.15, 0.2) is 22.7 Å². The van der Waals surface area contributed by atoms with Crippen LogP contribution < -0.4 is 15.8 Å². The molecule has 0 bridgehead atoms. The van der Waals surface area contributed by atoms with Crippen LogP contribution in [-0.4, -0.2) is 19.6 Å². The van der Waals surface area contributed by atoms with E-state index in [1.165, 1.54) is 6.42 Å². The van der Waals surface area contributed by atoms with Gasteiger partial charge < -0.3 is 15.8 Å². The van der Waals surface area contributed by atoms with Gasteiger partial charge in [0.15, 0.2) is 0 Å². The Hall–Kier alpha value is -1.07. The molecule has 104 valence electrons. The van der Waals surface area contributed by atoms with Gasteiger partial charge in [0.05, 0.1) is 12.8 Å². The van der Waals surface area contributed by atoms with Gasteiger partial charge in [0, 0.05) is 10.9 Å². The van der Waals surface area contributed by atoms with Crippen LogP contribution in [-0.2, 0) is 4.79 Å². The molecule has 5 heteroatoms. The van der Waals surface area contributed by atoms with Crippen molar-refractivity contribution in [1.29, 1.82) is 0 Å². The molecule has 0 saturated heterocycles. The first kappa shape index (κ1) is 14.3. The fourth-order valence-corrected chi connectivity index (χ4v) is 2.80. The highest BCUT2D eigenvalue weighted by atomic mass is 79.9. The molecule has 1 saturated carbocycles. The number of hydrogen-bond donors (Lipinski definition) is 2. The van der Waals surface area contributed by atoms with E-state index in [-0.39, 0.29) is 11.3 Å². The Morgan fingerprint density at radius 3 is 2.79 bits per heavy atom. The molecular weight excluding hydrogens is 308 g/mol. The lowest BCUT2D eigenvalue weighted by Crippen LogP contribution is -2.40.